The van der Waals surface area contributed by atoms with Crippen LogP contribution < -0.4 is 10.0 Å². The fourth-order valence-corrected chi connectivity index (χ4v) is 4.55. The standard InChI is InChI=1S/C18H16ClN3O3S2/c1-11-5-3-4-6-15(11)21-17(23)16-12(2)20-18(26-16)22-27(24,25)14-9-7-13(19)8-10-14/h3-10H,1-2H3,(H,20,22)(H,21,23). The van der Waals surface area contributed by atoms with E-state index in [0.29, 0.717) is 21.3 Å². The summed E-state index contributed by atoms with van der Waals surface area (Å²) >= 11 is 6.77. The highest BCUT2D eigenvalue weighted by molar-refractivity contribution is 7.93. The number of carbonyl (C=O) groups excluding carboxylic acids is 1. The minimum absolute atomic E-state index is 0.0608. The number of sulfonamides is 1. The molecule has 1 aromatic heterocycles. The molecule has 0 saturated carbocycles. The van der Waals surface area contributed by atoms with Gasteiger partial charge in [0.1, 0.15) is 4.88 Å². The summed E-state index contributed by atoms with van der Waals surface area (Å²) in [6, 6.07) is 13.2. The smallest absolute Gasteiger partial charge is 0.267 e. The van der Waals surface area contributed by atoms with Gasteiger partial charge in [-0.3, -0.25) is 9.52 Å². The van der Waals surface area contributed by atoms with Gasteiger partial charge in [-0.05, 0) is 49.7 Å². The van der Waals surface area contributed by atoms with Crippen LogP contribution in [-0.4, -0.2) is 19.3 Å². The molecule has 0 spiro atoms. The Kier molecular flexibility index (Phi) is 5.50. The number of nitrogens with zero attached hydrogens (tertiary/aromatic N) is 1. The van der Waals surface area contributed by atoms with E-state index in [1.807, 2.05) is 25.1 Å². The minimum Gasteiger partial charge on any atom is -0.321 e. The van der Waals surface area contributed by atoms with Gasteiger partial charge in [-0.2, -0.15) is 0 Å². The monoisotopic (exact) mass is 421 g/mol. The number of anilines is 2. The van der Waals surface area contributed by atoms with E-state index in [1.54, 1.807) is 13.0 Å². The second-order valence-corrected chi connectivity index (χ2v) is 8.88. The molecule has 0 atom stereocenters. The number of thiazole rings is 1. The number of amides is 1. The average molecular weight is 422 g/mol. The third kappa shape index (κ3) is 4.47. The van der Waals surface area contributed by atoms with Crippen LogP contribution in [0, 0.1) is 13.8 Å². The summed E-state index contributed by atoms with van der Waals surface area (Å²) in [5.41, 5.74) is 2.06. The van der Waals surface area contributed by atoms with Gasteiger partial charge < -0.3 is 5.32 Å². The highest BCUT2D eigenvalue weighted by Gasteiger charge is 2.20. The number of benzene rings is 2. The van der Waals surface area contributed by atoms with Crippen LogP contribution in [0.25, 0.3) is 0 Å². The second-order valence-electron chi connectivity index (χ2n) is 5.76. The van der Waals surface area contributed by atoms with Crippen LogP contribution in [0.15, 0.2) is 53.4 Å². The number of rotatable bonds is 5. The molecule has 140 valence electrons. The Hall–Kier alpha value is -2.42. The molecule has 3 aromatic rings. The lowest BCUT2D eigenvalue weighted by Gasteiger charge is -2.07. The number of hydrogen-bond donors (Lipinski definition) is 2. The maximum atomic E-state index is 12.5. The van der Waals surface area contributed by atoms with E-state index in [9.17, 15) is 13.2 Å². The van der Waals surface area contributed by atoms with E-state index in [-0.39, 0.29) is 15.9 Å². The van der Waals surface area contributed by atoms with Gasteiger partial charge in [0.15, 0.2) is 5.13 Å². The van der Waals surface area contributed by atoms with Crippen LogP contribution in [0.4, 0.5) is 10.8 Å². The molecule has 2 aromatic carbocycles. The van der Waals surface area contributed by atoms with Crippen LogP contribution in [0.2, 0.25) is 5.02 Å². The molecule has 9 heteroatoms. The van der Waals surface area contributed by atoms with Crippen LogP contribution in [-0.2, 0) is 10.0 Å². The zero-order valence-electron chi connectivity index (χ0n) is 14.5. The summed E-state index contributed by atoms with van der Waals surface area (Å²) in [4.78, 5) is 17.1. The van der Waals surface area contributed by atoms with Gasteiger partial charge in [0, 0.05) is 10.7 Å². The van der Waals surface area contributed by atoms with E-state index in [2.05, 4.69) is 15.0 Å². The Morgan fingerprint density at radius 3 is 2.41 bits per heavy atom. The number of nitrogens with one attached hydrogen (secondary N) is 2. The molecule has 0 radical (unpaired) electrons. The quantitative estimate of drug-likeness (QED) is 0.636. The van der Waals surface area contributed by atoms with E-state index in [0.717, 1.165) is 16.9 Å². The van der Waals surface area contributed by atoms with Crippen molar-refractivity contribution in [3.8, 4) is 0 Å². The van der Waals surface area contributed by atoms with Crippen LogP contribution in [0.3, 0.4) is 0 Å². The molecule has 27 heavy (non-hydrogen) atoms. The molecule has 6 nitrogen and oxygen atoms in total. The summed E-state index contributed by atoms with van der Waals surface area (Å²) in [6.07, 6.45) is 0. The Labute approximate surface area is 166 Å². The fraction of sp³-hybridized carbons (Fsp3) is 0.111. The highest BCUT2D eigenvalue weighted by Crippen LogP contribution is 2.27. The predicted molar refractivity (Wildman–Crippen MR) is 108 cm³/mol. The first kappa shape index (κ1) is 19.3. The average Bonchev–Trinajstić information content (AvgIpc) is 2.97. The van der Waals surface area contributed by atoms with Gasteiger partial charge in [0.05, 0.1) is 10.6 Å². The Bertz CT molecular complexity index is 1090. The van der Waals surface area contributed by atoms with Crippen molar-refractivity contribution in [3.63, 3.8) is 0 Å². The number of para-hydroxylation sites is 1. The predicted octanol–water partition coefficient (Wildman–Crippen LogP) is 4.47. The Morgan fingerprint density at radius 1 is 1.07 bits per heavy atom. The largest absolute Gasteiger partial charge is 0.321 e. The third-order valence-corrected chi connectivity index (χ3v) is 6.55. The Morgan fingerprint density at radius 2 is 1.74 bits per heavy atom. The first-order valence-electron chi connectivity index (χ1n) is 7.89. The summed E-state index contributed by atoms with van der Waals surface area (Å²) < 4.78 is 27.3. The molecular weight excluding hydrogens is 406 g/mol. The number of aromatic nitrogens is 1. The van der Waals surface area contributed by atoms with Crippen molar-refractivity contribution >= 4 is 49.7 Å². The summed E-state index contributed by atoms with van der Waals surface area (Å²) in [7, 11) is -3.82. The number of carbonyl (C=O) groups is 1. The summed E-state index contributed by atoms with van der Waals surface area (Å²) in [5, 5.41) is 3.38. The SMILES string of the molecule is Cc1ccccc1NC(=O)c1sc(NS(=O)(=O)c2ccc(Cl)cc2)nc1C. The van der Waals surface area contributed by atoms with E-state index >= 15 is 0 Å². The number of hydrogen-bond acceptors (Lipinski definition) is 5. The van der Waals surface area contributed by atoms with Crippen molar-refractivity contribution in [1.82, 2.24) is 4.98 Å². The van der Waals surface area contributed by atoms with Gasteiger partial charge in [0.2, 0.25) is 0 Å². The molecule has 0 bridgehead atoms. The van der Waals surface area contributed by atoms with Gasteiger partial charge in [-0.25, -0.2) is 13.4 Å². The molecule has 3 rings (SSSR count). The van der Waals surface area contributed by atoms with E-state index < -0.39 is 10.0 Å². The maximum Gasteiger partial charge on any atom is 0.267 e. The molecule has 1 amide bonds. The topological polar surface area (TPSA) is 88.2 Å². The van der Waals surface area contributed by atoms with Crippen molar-refractivity contribution in [2.45, 2.75) is 18.7 Å². The second kappa shape index (κ2) is 7.67. The van der Waals surface area contributed by atoms with Crippen molar-refractivity contribution in [2.75, 3.05) is 10.0 Å². The van der Waals surface area contributed by atoms with Crippen molar-refractivity contribution in [3.05, 3.63) is 69.7 Å². The Balaban J connectivity index is 1.81. The number of halogens is 1. The first-order chi connectivity index (χ1) is 12.8. The highest BCUT2D eigenvalue weighted by atomic mass is 35.5. The summed E-state index contributed by atoms with van der Waals surface area (Å²) in [6.45, 7) is 3.55. The molecule has 0 aliphatic carbocycles. The number of aryl methyl sites for hydroxylation is 2. The maximum absolute atomic E-state index is 12.5. The minimum atomic E-state index is -3.82. The molecule has 2 N–H and O–H groups in total. The van der Waals surface area contributed by atoms with Crippen LogP contribution in [0.1, 0.15) is 20.9 Å². The normalized spacial score (nSPS) is 11.2. The van der Waals surface area contributed by atoms with Crippen molar-refractivity contribution < 1.29 is 13.2 Å². The zero-order valence-corrected chi connectivity index (χ0v) is 16.9. The molecule has 0 unspecified atom stereocenters. The molecule has 0 saturated heterocycles. The van der Waals surface area contributed by atoms with Crippen molar-refractivity contribution in [1.29, 1.82) is 0 Å². The summed E-state index contributed by atoms with van der Waals surface area (Å²) in [5.74, 6) is -0.337. The molecule has 0 fully saturated rings. The van der Waals surface area contributed by atoms with Crippen LogP contribution >= 0.6 is 22.9 Å². The zero-order chi connectivity index (χ0) is 19.6. The fourth-order valence-electron chi connectivity index (χ4n) is 2.33. The molecule has 0 aliphatic heterocycles. The van der Waals surface area contributed by atoms with Gasteiger partial charge >= 0.3 is 0 Å². The third-order valence-electron chi connectivity index (χ3n) is 3.74. The van der Waals surface area contributed by atoms with E-state index in [4.69, 9.17) is 11.6 Å². The van der Waals surface area contributed by atoms with Crippen LogP contribution in [0.5, 0.6) is 0 Å². The van der Waals surface area contributed by atoms with Gasteiger partial charge in [-0.15, -0.1) is 0 Å². The lowest BCUT2D eigenvalue weighted by molar-refractivity contribution is 0.102. The molecular formula is C18H16ClN3O3S2. The molecule has 1 heterocycles. The first-order valence-corrected chi connectivity index (χ1v) is 10.6. The van der Waals surface area contributed by atoms with Gasteiger partial charge in [-0.1, -0.05) is 41.1 Å². The lowest BCUT2D eigenvalue weighted by Crippen LogP contribution is -2.12. The van der Waals surface area contributed by atoms with Gasteiger partial charge in [0.25, 0.3) is 15.9 Å². The van der Waals surface area contributed by atoms with E-state index in [1.165, 1.54) is 24.3 Å². The lowest BCUT2D eigenvalue weighted by atomic mass is 10.2. The van der Waals surface area contributed by atoms with Crippen molar-refractivity contribution in [2.24, 2.45) is 0 Å². The molecule has 0 aliphatic rings.